The van der Waals surface area contributed by atoms with Crippen LogP contribution in [0.3, 0.4) is 0 Å². The maximum Gasteiger partial charge on any atom is 0.265 e. The van der Waals surface area contributed by atoms with Crippen molar-refractivity contribution in [2.24, 2.45) is 5.92 Å². The van der Waals surface area contributed by atoms with E-state index in [0.29, 0.717) is 4.88 Å². The van der Waals surface area contributed by atoms with Crippen molar-refractivity contribution in [1.29, 1.82) is 0 Å². The summed E-state index contributed by atoms with van der Waals surface area (Å²) in [6.07, 6.45) is 2.75. The van der Waals surface area contributed by atoms with E-state index in [2.05, 4.69) is 16.7 Å². The quantitative estimate of drug-likeness (QED) is 0.855. The van der Waals surface area contributed by atoms with E-state index in [1.807, 2.05) is 16.3 Å². The molecule has 0 spiro atoms. The number of piperazine rings is 1. The lowest BCUT2D eigenvalue weighted by Crippen LogP contribution is -2.49. The van der Waals surface area contributed by atoms with Crippen LogP contribution in [0.5, 0.6) is 0 Å². The summed E-state index contributed by atoms with van der Waals surface area (Å²) in [4.78, 5) is 17.7. The molecule has 1 amide bonds. The van der Waals surface area contributed by atoms with Gasteiger partial charge in [-0.3, -0.25) is 9.69 Å². The van der Waals surface area contributed by atoms with Gasteiger partial charge < -0.3 is 10.0 Å². The number of carbonyl (C=O) groups excluding carboxylic acids is 1. The number of thiophene rings is 1. The van der Waals surface area contributed by atoms with Crippen molar-refractivity contribution in [2.45, 2.75) is 12.8 Å². The predicted molar refractivity (Wildman–Crippen MR) is 83.4 cm³/mol. The molecule has 0 aromatic carbocycles. The van der Waals surface area contributed by atoms with Crippen LogP contribution in [0.4, 0.5) is 0 Å². The Bertz CT molecular complexity index is 560. The van der Waals surface area contributed by atoms with E-state index in [-0.39, 0.29) is 12.5 Å². The van der Waals surface area contributed by atoms with Crippen LogP contribution in [0.15, 0.2) is 11.4 Å². The predicted octanol–water partition coefficient (Wildman–Crippen LogP) is 1.26. The number of aliphatic hydroxyl groups excluding tert-OH is 1. The van der Waals surface area contributed by atoms with Gasteiger partial charge in [0.1, 0.15) is 11.5 Å². The minimum Gasteiger partial charge on any atom is -0.384 e. The Balaban J connectivity index is 1.59. The van der Waals surface area contributed by atoms with Crippen LogP contribution >= 0.6 is 11.3 Å². The van der Waals surface area contributed by atoms with Crippen molar-refractivity contribution in [1.82, 2.24) is 9.80 Å². The lowest BCUT2D eigenvalue weighted by atomic mass is 10.2. The first-order valence-corrected chi connectivity index (χ1v) is 8.34. The molecule has 1 aromatic heterocycles. The lowest BCUT2D eigenvalue weighted by molar-refractivity contribution is 0.0636. The number of aliphatic hydroxyl groups is 1. The van der Waals surface area contributed by atoms with Crippen molar-refractivity contribution in [2.75, 3.05) is 39.3 Å². The first-order chi connectivity index (χ1) is 10.3. The molecule has 0 radical (unpaired) electrons. The van der Waals surface area contributed by atoms with Crippen molar-refractivity contribution in [3.63, 3.8) is 0 Å². The summed E-state index contributed by atoms with van der Waals surface area (Å²) in [5, 5.41) is 10.7. The average Bonchev–Trinajstić information content (AvgIpc) is 3.20. The molecule has 2 aliphatic rings. The molecule has 4 nitrogen and oxygen atoms in total. The molecular weight excluding hydrogens is 284 g/mol. The van der Waals surface area contributed by atoms with Gasteiger partial charge in [0.05, 0.1) is 0 Å². The van der Waals surface area contributed by atoms with Gasteiger partial charge in [-0.25, -0.2) is 0 Å². The molecule has 112 valence electrons. The molecule has 2 heterocycles. The highest BCUT2D eigenvalue weighted by molar-refractivity contribution is 7.12. The summed E-state index contributed by atoms with van der Waals surface area (Å²) in [5.41, 5.74) is 0.736. The molecule has 1 saturated heterocycles. The third-order valence-electron chi connectivity index (χ3n) is 4.03. The Kier molecular flexibility index (Phi) is 4.59. The van der Waals surface area contributed by atoms with Gasteiger partial charge in [0.15, 0.2) is 0 Å². The van der Waals surface area contributed by atoms with E-state index in [1.54, 1.807) is 0 Å². The van der Waals surface area contributed by atoms with E-state index in [0.717, 1.165) is 37.7 Å². The zero-order chi connectivity index (χ0) is 14.7. The molecule has 2 fully saturated rings. The van der Waals surface area contributed by atoms with E-state index >= 15 is 0 Å². The average molecular weight is 304 g/mol. The van der Waals surface area contributed by atoms with Gasteiger partial charge in [0, 0.05) is 38.3 Å². The normalized spacial score (nSPS) is 19.2. The van der Waals surface area contributed by atoms with E-state index < -0.39 is 0 Å². The Labute approximate surface area is 129 Å². The number of rotatable bonds is 3. The molecule has 1 aromatic rings. The second-order valence-electron chi connectivity index (χ2n) is 5.66. The summed E-state index contributed by atoms with van der Waals surface area (Å²) in [6, 6.07) is 1.85. The monoisotopic (exact) mass is 304 g/mol. The maximum atomic E-state index is 12.6. The first-order valence-electron chi connectivity index (χ1n) is 7.47. The Morgan fingerprint density at radius 2 is 2.10 bits per heavy atom. The zero-order valence-corrected chi connectivity index (χ0v) is 12.9. The van der Waals surface area contributed by atoms with E-state index in [4.69, 9.17) is 5.11 Å². The molecule has 0 unspecified atom stereocenters. The second kappa shape index (κ2) is 6.61. The fourth-order valence-electron chi connectivity index (χ4n) is 2.65. The van der Waals surface area contributed by atoms with E-state index in [9.17, 15) is 4.79 Å². The van der Waals surface area contributed by atoms with Crippen molar-refractivity contribution < 1.29 is 9.90 Å². The highest BCUT2D eigenvalue weighted by Crippen LogP contribution is 2.30. The summed E-state index contributed by atoms with van der Waals surface area (Å²) in [6.45, 7) is 4.58. The van der Waals surface area contributed by atoms with Crippen LogP contribution in [0, 0.1) is 17.8 Å². The Morgan fingerprint density at radius 3 is 2.76 bits per heavy atom. The molecule has 5 heteroatoms. The zero-order valence-electron chi connectivity index (χ0n) is 12.0. The number of carbonyl (C=O) groups is 1. The van der Waals surface area contributed by atoms with Gasteiger partial charge in [-0.2, -0.15) is 0 Å². The van der Waals surface area contributed by atoms with Crippen LogP contribution in [0.25, 0.3) is 0 Å². The minimum absolute atomic E-state index is 0.0818. The molecule has 1 aliphatic heterocycles. The second-order valence-corrected chi connectivity index (χ2v) is 6.58. The fourth-order valence-corrected chi connectivity index (χ4v) is 3.47. The smallest absolute Gasteiger partial charge is 0.265 e. The molecule has 0 bridgehead atoms. The highest BCUT2D eigenvalue weighted by atomic mass is 32.1. The van der Waals surface area contributed by atoms with Gasteiger partial charge in [-0.05, 0) is 30.2 Å². The maximum absolute atomic E-state index is 12.6. The van der Waals surface area contributed by atoms with Crippen LogP contribution in [-0.2, 0) is 0 Å². The minimum atomic E-state index is -0.177. The van der Waals surface area contributed by atoms with Crippen LogP contribution in [-0.4, -0.2) is 60.1 Å². The summed E-state index contributed by atoms with van der Waals surface area (Å²) in [7, 11) is 0. The standard InChI is InChI=1S/C16H20N2O2S/c19-10-1-2-14-5-11-21-15(14)16(20)18-8-6-17(7-9-18)12-13-3-4-13/h5,11,13,19H,3-4,6-10,12H2. The van der Waals surface area contributed by atoms with Gasteiger partial charge in [0.25, 0.3) is 5.91 Å². The van der Waals surface area contributed by atoms with E-state index in [1.165, 1.54) is 30.7 Å². The van der Waals surface area contributed by atoms with Gasteiger partial charge in [0.2, 0.25) is 0 Å². The SMILES string of the molecule is O=C(c1sccc1C#CCO)N1CCN(CC2CC2)CC1. The summed E-state index contributed by atoms with van der Waals surface area (Å²) < 4.78 is 0. The van der Waals surface area contributed by atoms with Gasteiger partial charge in [-0.1, -0.05) is 11.8 Å². The number of hydrogen-bond acceptors (Lipinski definition) is 4. The molecule has 1 saturated carbocycles. The largest absolute Gasteiger partial charge is 0.384 e. The Morgan fingerprint density at radius 1 is 1.33 bits per heavy atom. The summed E-state index contributed by atoms with van der Waals surface area (Å²) >= 11 is 1.43. The molecule has 3 rings (SSSR count). The third kappa shape index (κ3) is 3.65. The number of hydrogen-bond donors (Lipinski definition) is 1. The fraction of sp³-hybridized carbons (Fsp3) is 0.562. The molecule has 1 N–H and O–H groups in total. The molecule has 1 aliphatic carbocycles. The molecule has 0 atom stereocenters. The van der Waals surface area contributed by atoms with Crippen LogP contribution < -0.4 is 0 Å². The van der Waals surface area contributed by atoms with Crippen molar-refractivity contribution >= 4 is 17.2 Å². The molecule has 21 heavy (non-hydrogen) atoms. The number of nitrogens with zero attached hydrogens (tertiary/aromatic N) is 2. The lowest BCUT2D eigenvalue weighted by Gasteiger charge is -2.34. The van der Waals surface area contributed by atoms with Gasteiger partial charge in [-0.15, -0.1) is 11.3 Å². The van der Waals surface area contributed by atoms with Crippen molar-refractivity contribution in [3.05, 3.63) is 21.9 Å². The third-order valence-corrected chi connectivity index (χ3v) is 4.94. The Hall–Kier alpha value is -1.35. The topological polar surface area (TPSA) is 43.8 Å². The summed E-state index contributed by atoms with van der Waals surface area (Å²) in [5.74, 6) is 6.47. The van der Waals surface area contributed by atoms with Crippen LogP contribution in [0.1, 0.15) is 28.1 Å². The molecular formula is C16H20N2O2S. The number of amides is 1. The van der Waals surface area contributed by atoms with Crippen LogP contribution in [0.2, 0.25) is 0 Å². The van der Waals surface area contributed by atoms with Gasteiger partial charge >= 0.3 is 0 Å². The highest BCUT2D eigenvalue weighted by Gasteiger charge is 2.28. The van der Waals surface area contributed by atoms with Crippen molar-refractivity contribution in [3.8, 4) is 11.8 Å². The first kappa shape index (κ1) is 14.6.